The second kappa shape index (κ2) is 12.1. The monoisotopic (exact) mass is 513 g/mol. The van der Waals surface area contributed by atoms with E-state index in [-0.39, 0.29) is 24.0 Å². The average molecular weight is 514 g/mol. The summed E-state index contributed by atoms with van der Waals surface area (Å²) in [4.78, 5) is 11.6. The summed E-state index contributed by atoms with van der Waals surface area (Å²) in [7, 11) is 0. The maximum atomic E-state index is 6.05. The largest absolute Gasteiger partial charge is 0.357 e. The molecule has 3 rings (SSSR count). The molecule has 0 spiro atoms. The molecule has 2 N–H and O–H groups in total. The van der Waals surface area contributed by atoms with Crippen molar-refractivity contribution in [3.05, 3.63) is 58.7 Å². The highest BCUT2D eigenvalue weighted by Gasteiger charge is 2.13. The summed E-state index contributed by atoms with van der Waals surface area (Å²) >= 11 is 6.05. The van der Waals surface area contributed by atoms with Crippen LogP contribution in [0.1, 0.15) is 30.9 Å². The number of nitrogens with zero attached hydrogens (tertiary/aromatic N) is 3. The third kappa shape index (κ3) is 7.13. The first kappa shape index (κ1) is 22.7. The zero-order valence-corrected chi connectivity index (χ0v) is 19.4. The quantitative estimate of drug-likeness (QED) is 0.330. The van der Waals surface area contributed by atoms with Gasteiger partial charge in [-0.3, -0.25) is 0 Å². The minimum atomic E-state index is 0. The molecule has 0 amide bonds. The van der Waals surface area contributed by atoms with E-state index in [9.17, 15) is 0 Å². The molecule has 0 saturated carbocycles. The Kier molecular flexibility index (Phi) is 9.84. The Labute approximate surface area is 190 Å². The van der Waals surface area contributed by atoms with Crippen LogP contribution in [-0.2, 0) is 13.0 Å². The van der Waals surface area contributed by atoms with E-state index in [0.29, 0.717) is 6.54 Å². The van der Waals surface area contributed by atoms with Gasteiger partial charge in [0.15, 0.2) is 5.96 Å². The maximum Gasteiger partial charge on any atom is 0.191 e. The third-order valence-electron chi connectivity index (χ3n) is 4.60. The van der Waals surface area contributed by atoms with E-state index in [0.717, 1.165) is 49.4 Å². The van der Waals surface area contributed by atoms with Crippen LogP contribution in [-0.4, -0.2) is 37.1 Å². The second-order valence-corrected chi connectivity index (χ2v) is 7.15. The Morgan fingerprint density at radius 2 is 1.96 bits per heavy atom. The summed E-state index contributed by atoms with van der Waals surface area (Å²) in [6.07, 6.45) is 5.30. The molecule has 152 valence electrons. The smallest absolute Gasteiger partial charge is 0.191 e. The molecule has 7 heteroatoms. The fourth-order valence-corrected chi connectivity index (χ4v) is 3.42. The molecule has 1 aliphatic heterocycles. The average Bonchev–Trinajstić information content (AvgIpc) is 3.21. The van der Waals surface area contributed by atoms with Crippen LogP contribution < -0.4 is 15.5 Å². The predicted octanol–water partition coefficient (Wildman–Crippen LogP) is 4.25. The van der Waals surface area contributed by atoms with Crippen LogP contribution in [0.2, 0.25) is 5.02 Å². The van der Waals surface area contributed by atoms with Gasteiger partial charge in [-0.1, -0.05) is 23.7 Å². The topological polar surface area (TPSA) is 52.6 Å². The number of hydrogen-bond acceptors (Lipinski definition) is 3. The number of pyridine rings is 1. The van der Waals surface area contributed by atoms with E-state index in [4.69, 9.17) is 16.6 Å². The van der Waals surface area contributed by atoms with E-state index in [2.05, 4.69) is 39.6 Å². The van der Waals surface area contributed by atoms with E-state index in [1.807, 2.05) is 30.5 Å². The van der Waals surface area contributed by atoms with Crippen molar-refractivity contribution in [1.29, 1.82) is 0 Å². The first-order valence-corrected chi connectivity index (χ1v) is 10.1. The van der Waals surface area contributed by atoms with Crippen molar-refractivity contribution in [2.45, 2.75) is 32.7 Å². The number of aliphatic imine (C=N–C) groups is 1. The molecule has 0 atom stereocenters. The molecule has 1 aromatic heterocycles. The number of hydrogen-bond donors (Lipinski definition) is 2. The van der Waals surface area contributed by atoms with Gasteiger partial charge in [0, 0.05) is 37.4 Å². The lowest BCUT2D eigenvalue weighted by Crippen LogP contribution is -2.38. The summed E-state index contributed by atoms with van der Waals surface area (Å²) in [5, 5.41) is 7.48. The van der Waals surface area contributed by atoms with Gasteiger partial charge in [-0.05, 0) is 61.6 Å². The minimum absolute atomic E-state index is 0. The van der Waals surface area contributed by atoms with Crippen LogP contribution in [0.5, 0.6) is 0 Å². The van der Waals surface area contributed by atoms with Gasteiger partial charge in [0.2, 0.25) is 0 Å². The van der Waals surface area contributed by atoms with Gasteiger partial charge in [0.05, 0.1) is 6.54 Å². The molecule has 0 radical (unpaired) electrons. The molecular formula is C21H29ClIN5. The Morgan fingerprint density at radius 1 is 1.14 bits per heavy atom. The van der Waals surface area contributed by atoms with Crippen LogP contribution in [0, 0.1) is 0 Å². The molecule has 0 unspecified atom stereocenters. The molecule has 28 heavy (non-hydrogen) atoms. The molecule has 2 aromatic rings. The zero-order valence-electron chi connectivity index (χ0n) is 16.3. The molecule has 0 aliphatic carbocycles. The number of rotatable bonds is 7. The van der Waals surface area contributed by atoms with Gasteiger partial charge in [0.25, 0.3) is 0 Å². The zero-order chi connectivity index (χ0) is 18.9. The van der Waals surface area contributed by atoms with Gasteiger partial charge >= 0.3 is 0 Å². The van der Waals surface area contributed by atoms with Crippen molar-refractivity contribution in [2.75, 3.05) is 31.1 Å². The Bertz CT molecular complexity index is 762. The predicted molar refractivity (Wildman–Crippen MR) is 129 cm³/mol. The number of nitrogens with one attached hydrogen (secondary N) is 2. The lowest BCUT2D eigenvalue weighted by Gasteiger charge is -2.16. The van der Waals surface area contributed by atoms with Crippen molar-refractivity contribution >= 4 is 47.4 Å². The van der Waals surface area contributed by atoms with Crippen LogP contribution in [0.25, 0.3) is 0 Å². The van der Waals surface area contributed by atoms with Crippen LogP contribution in [0.15, 0.2) is 47.6 Å². The van der Waals surface area contributed by atoms with Gasteiger partial charge in [0.1, 0.15) is 5.82 Å². The third-order valence-corrected chi connectivity index (χ3v) is 4.83. The fourth-order valence-electron chi connectivity index (χ4n) is 3.21. The number of guanidine groups is 1. The standard InChI is InChI=1S/C21H28ClN5.HI/c1-2-23-21(25-11-8-17-6-5-7-19(22)14-17)26-16-18-9-10-24-20(15-18)27-12-3-4-13-27;/h5-7,9-10,14-15H,2-4,8,11-13,16H2,1H3,(H2,23,25,26);1H. The molecular weight excluding hydrogens is 485 g/mol. The van der Waals surface area contributed by atoms with E-state index in [1.54, 1.807) is 0 Å². The summed E-state index contributed by atoms with van der Waals surface area (Å²) in [6.45, 7) is 6.56. The Morgan fingerprint density at radius 3 is 2.71 bits per heavy atom. The van der Waals surface area contributed by atoms with E-state index >= 15 is 0 Å². The molecule has 5 nitrogen and oxygen atoms in total. The van der Waals surface area contributed by atoms with Crippen molar-refractivity contribution in [3.8, 4) is 0 Å². The molecule has 1 fully saturated rings. The fraction of sp³-hybridized carbons (Fsp3) is 0.429. The second-order valence-electron chi connectivity index (χ2n) is 6.72. The van der Waals surface area contributed by atoms with Crippen molar-refractivity contribution in [1.82, 2.24) is 15.6 Å². The molecule has 0 bridgehead atoms. The van der Waals surface area contributed by atoms with Crippen LogP contribution in [0.3, 0.4) is 0 Å². The molecule has 2 heterocycles. The SMILES string of the molecule is CCNC(=NCc1ccnc(N2CCCC2)c1)NCCc1cccc(Cl)c1.I. The lowest BCUT2D eigenvalue weighted by molar-refractivity contribution is 0.799. The van der Waals surface area contributed by atoms with E-state index in [1.165, 1.54) is 24.0 Å². The van der Waals surface area contributed by atoms with Gasteiger partial charge in [-0.2, -0.15) is 0 Å². The number of benzene rings is 1. The lowest BCUT2D eigenvalue weighted by atomic mass is 10.1. The minimum Gasteiger partial charge on any atom is -0.357 e. The highest BCUT2D eigenvalue weighted by atomic mass is 127. The van der Waals surface area contributed by atoms with Gasteiger partial charge in [-0.25, -0.2) is 9.98 Å². The number of anilines is 1. The summed E-state index contributed by atoms with van der Waals surface area (Å²) in [5.41, 5.74) is 2.40. The normalized spacial score (nSPS) is 13.9. The Hall–Kier alpha value is -1.54. The summed E-state index contributed by atoms with van der Waals surface area (Å²) in [6, 6.07) is 12.2. The van der Waals surface area contributed by atoms with E-state index < -0.39 is 0 Å². The highest BCUT2D eigenvalue weighted by molar-refractivity contribution is 14.0. The van der Waals surface area contributed by atoms with Crippen LogP contribution >= 0.6 is 35.6 Å². The van der Waals surface area contributed by atoms with Crippen molar-refractivity contribution in [2.24, 2.45) is 4.99 Å². The first-order valence-electron chi connectivity index (χ1n) is 9.71. The molecule has 1 saturated heterocycles. The molecule has 1 aliphatic rings. The molecule has 1 aromatic carbocycles. The first-order chi connectivity index (χ1) is 13.2. The number of aromatic nitrogens is 1. The maximum absolute atomic E-state index is 6.05. The van der Waals surface area contributed by atoms with Crippen molar-refractivity contribution < 1.29 is 0 Å². The van der Waals surface area contributed by atoms with Gasteiger partial charge < -0.3 is 15.5 Å². The summed E-state index contributed by atoms with van der Waals surface area (Å²) in [5.74, 6) is 1.90. The summed E-state index contributed by atoms with van der Waals surface area (Å²) < 4.78 is 0. The highest BCUT2D eigenvalue weighted by Crippen LogP contribution is 2.18. The Balaban J connectivity index is 0.00000280. The number of halogens is 2. The van der Waals surface area contributed by atoms with Crippen LogP contribution in [0.4, 0.5) is 5.82 Å². The van der Waals surface area contributed by atoms with Crippen molar-refractivity contribution in [3.63, 3.8) is 0 Å². The van der Waals surface area contributed by atoms with Gasteiger partial charge in [-0.15, -0.1) is 24.0 Å².